The van der Waals surface area contributed by atoms with Crippen LogP contribution >= 0.6 is 11.3 Å². The minimum Gasteiger partial charge on any atom is -0.395 e. The standard InChI is InChI=1S/C13H17NO2S/c1-3-14(4-2)13(16)12-11(8-10-17-12)7-5-6-9-15/h8,10,15H,3-4,6,9H2,1-2H3. The molecule has 1 amide bonds. The molecule has 0 spiro atoms. The summed E-state index contributed by atoms with van der Waals surface area (Å²) in [5, 5.41) is 10.5. The molecule has 92 valence electrons. The molecule has 1 aromatic rings. The first-order valence-electron chi connectivity index (χ1n) is 5.71. The number of aliphatic hydroxyl groups is 1. The van der Waals surface area contributed by atoms with Gasteiger partial charge in [-0.05, 0) is 25.3 Å². The van der Waals surface area contributed by atoms with Crippen molar-refractivity contribution in [2.75, 3.05) is 19.7 Å². The van der Waals surface area contributed by atoms with E-state index in [0.29, 0.717) is 24.4 Å². The lowest BCUT2D eigenvalue weighted by Crippen LogP contribution is -2.30. The Morgan fingerprint density at radius 1 is 1.47 bits per heavy atom. The van der Waals surface area contributed by atoms with Gasteiger partial charge in [0, 0.05) is 25.1 Å². The van der Waals surface area contributed by atoms with Crippen LogP contribution in [0.4, 0.5) is 0 Å². The van der Waals surface area contributed by atoms with E-state index < -0.39 is 0 Å². The van der Waals surface area contributed by atoms with Crippen LogP contribution in [0, 0.1) is 11.8 Å². The third-order valence-electron chi connectivity index (χ3n) is 2.37. The van der Waals surface area contributed by atoms with Crippen molar-refractivity contribution in [3.8, 4) is 11.8 Å². The fourth-order valence-electron chi connectivity index (χ4n) is 1.44. The number of nitrogens with zero attached hydrogens (tertiary/aromatic N) is 1. The van der Waals surface area contributed by atoms with Gasteiger partial charge in [-0.1, -0.05) is 11.8 Å². The Hall–Kier alpha value is -1.31. The predicted molar refractivity (Wildman–Crippen MR) is 70.2 cm³/mol. The van der Waals surface area contributed by atoms with Gasteiger partial charge in [0.1, 0.15) is 4.88 Å². The van der Waals surface area contributed by atoms with E-state index in [1.54, 1.807) is 4.90 Å². The summed E-state index contributed by atoms with van der Waals surface area (Å²) >= 11 is 1.42. The number of aliphatic hydroxyl groups excluding tert-OH is 1. The zero-order chi connectivity index (χ0) is 12.7. The molecule has 0 radical (unpaired) electrons. The summed E-state index contributed by atoms with van der Waals surface area (Å²) in [4.78, 5) is 14.6. The van der Waals surface area contributed by atoms with Crippen LogP contribution in [0.1, 0.15) is 35.5 Å². The molecular formula is C13H17NO2S. The molecule has 0 saturated carbocycles. The maximum Gasteiger partial charge on any atom is 0.265 e. The molecule has 0 aliphatic rings. The molecule has 0 aliphatic carbocycles. The maximum absolute atomic E-state index is 12.1. The van der Waals surface area contributed by atoms with Gasteiger partial charge in [-0.15, -0.1) is 11.3 Å². The van der Waals surface area contributed by atoms with Gasteiger partial charge in [0.05, 0.1) is 6.61 Å². The largest absolute Gasteiger partial charge is 0.395 e. The minimum absolute atomic E-state index is 0.0401. The molecule has 1 heterocycles. The highest BCUT2D eigenvalue weighted by atomic mass is 32.1. The normalized spacial score (nSPS) is 9.59. The predicted octanol–water partition coefficient (Wildman–Crippen LogP) is 1.96. The summed E-state index contributed by atoms with van der Waals surface area (Å²) < 4.78 is 0. The molecule has 1 N–H and O–H groups in total. The van der Waals surface area contributed by atoms with Crippen LogP contribution in [-0.2, 0) is 0 Å². The highest BCUT2D eigenvalue weighted by Crippen LogP contribution is 2.18. The molecule has 0 bridgehead atoms. The third-order valence-corrected chi connectivity index (χ3v) is 3.27. The lowest BCUT2D eigenvalue weighted by molar-refractivity contribution is 0.0777. The lowest BCUT2D eigenvalue weighted by atomic mass is 10.2. The Bertz CT molecular complexity index is 424. The highest BCUT2D eigenvalue weighted by Gasteiger charge is 2.16. The van der Waals surface area contributed by atoms with Gasteiger partial charge in [-0.2, -0.15) is 0 Å². The van der Waals surface area contributed by atoms with Crippen LogP contribution in [0.25, 0.3) is 0 Å². The smallest absolute Gasteiger partial charge is 0.265 e. The van der Waals surface area contributed by atoms with Gasteiger partial charge in [-0.25, -0.2) is 0 Å². The molecule has 1 rings (SSSR count). The Morgan fingerprint density at radius 3 is 2.76 bits per heavy atom. The van der Waals surface area contributed by atoms with Crippen LogP contribution in [-0.4, -0.2) is 35.6 Å². The molecule has 1 aromatic heterocycles. The van der Waals surface area contributed by atoms with Crippen LogP contribution in [0.15, 0.2) is 11.4 Å². The number of carbonyl (C=O) groups is 1. The Kier molecular flexibility index (Phi) is 5.75. The number of carbonyl (C=O) groups excluding carboxylic acids is 1. The summed E-state index contributed by atoms with van der Waals surface area (Å²) in [5.41, 5.74) is 0.764. The second-order valence-corrected chi connectivity index (χ2v) is 4.33. The van der Waals surface area contributed by atoms with E-state index in [2.05, 4.69) is 11.8 Å². The summed E-state index contributed by atoms with van der Waals surface area (Å²) in [5.74, 6) is 5.81. The Balaban J connectivity index is 2.89. The van der Waals surface area contributed by atoms with Crippen molar-refractivity contribution in [1.82, 2.24) is 4.90 Å². The van der Waals surface area contributed by atoms with E-state index in [1.165, 1.54) is 11.3 Å². The first kappa shape index (κ1) is 13.8. The molecular weight excluding hydrogens is 234 g/mol. The zero-order valence-electron chi connectivity index (χ0n) is 10.2. The lowest BCUT2D eigenvalue weighted by Gasteiger charge is -2.17. The van der Waals surface area contributed by atoms with Gasteiger partial charge in [0.2, 0.25) is 0 Å². The van der Waals surface area contributed by atoms with Crippen molar-refractivity contribution in [2.24, 2.45) is 0 Å². The Labute approximate surface area is 106 Å². The topological polar surface area (TPSA) is 40.5 Å². The molecule has 0 atom stereocenters. The van der Waals surface area contributed by atoms with E-state index in [4.69, 9.17) is 5.11 Å². The zero-order valence-corrected chi connectivity index (χ0v) is 11.0. The minimum atomic E-state index is 0.0401. The van der Waals surface area contributed by atoms with Crippen molar-refractivity contribution in [2.45, 2.75) is 20.3 Å². The van der Waals surface area contributed by atoms with E-state index >= 15 is 0 Å². The van der Waals surface area contributed by atoms with Crippen molar-refractivity contribution in [3.63, 3.8) is 0 Å². The number of amides is 1. The van der Waals surface area contributed by atoms with Crippen LogP contribution in [0.5, 0.6) is 0 Å². The maximum atomic E-state index is 12.1. The molecule has 0 aromatic carbocycles. The first-order valence-corrected chi connectivity index (χ1v) is 6.59. The van der Waals surface area contributed by atoms with E-state index in [1.807, 2.05) is 25.3 Å². The van der Waals surface area contributed by atoms with Crippen molar-refractivity contribution < 1.29 is 9.90 Å². The number of hydrogen-bond acceptors (Lipinski definition) is 3. The fraction of sp³-hybridized carbons (Fsp3) is 0.462. The van der Waals surface area contributed by atoms with Gasteiger partial charge in [0.25, 0.3) is 5.91 Å². The second kappa shape index (κ2) is 7.10. The number of thiophene rings is 1. The summed E-state index contributed by atoms with van der Waals surface area (Å²) in [7, 11) is 0. The quantitative estimate of drug-likeness (QED) is 0.831. The van der Waals surface area contributed by atoms with E-state index in [-0.39, 0.29) is 12.5 Å². The molecule has 0 saturated heterocycles. The molecule has 17 heavy (non-hydrogen) atoms. The van der Waals surface area contributed by atoms with Crippen LogP contribution < -0.4 is 0 Å². The monoisotopic (exact) mass is 251 g/mol. The SMILES string of the molecule is CCN(CC)C(=O)c1sccc1C#CCCO. The average Bonchev–Trinajstić information content (AvgIpc) is 2.79. The van der Waals surface area contributed by atoms with Gasteiger partial charge in [-0.3, -0.25) is 4.79 Å². The van der Waals surface area contributed by atoms with E-state index in [0.717, 1.165) is 5.56 Å². The summed E-state index contributed by atoms with van der Waals surface area (Å²) in [6.45, 7) is 5.39. The summed E-state index contributed by atoms with van der Waals surface area (Å²) in [6.07, 6.45) is 0.439. The fourth-order valence-corrected chi connectivity index (χ4v) is 2.26. The molecule has 0 aliphatic heterocycles. The third kappa shape index (κ3) is 3.58. The van der Waals surface area contributed by atoms with Gasteiger partial charge in [0.15, 0.2) is 0 Å². The van der Waals surface area contributed by atoms with Crippen molar-refractivity contribution in [3.05, 3.63) is 21.9 Å². The van der Waals surface area contributed by atoms with Crippen molar-refractivity contribution in [1.29, 1.82) is 0 Å². The van der Waals surface area contributed by atoms with Crippen LogP contribution in [0.3, 0.4) is 0 Å². The Morgan fingerprint density at radius 2 is 2.18 bits per heavy atom. The highest BCUT2D eigenvalue weighted by molar-refractivity contribution is 7.12. The molecule has 0 unspecified atom stereocenters. The summed E-state index contributed by atoms with van der Waals surface area (Å²) in [6, 6.07) is 1.85. The number of hydrogen-bond donors (Lipinski definition) is 1. The molecule has 4 heteroatoms. The first-order chi connectivity index (χ1) is 8.24. The van der Waals surface area contributed by atoms with Crippen molar-refractivity contribution >= 4 is 17.2 Å². The van der Waals surface area contributed by atoms with Gasteiger partial charge >= 0.3 is 0 Å². The van der Waals surface area contributed by atoms with Crippen LogP contribution in [0.2, 0.25) is 0 Å². The molecule has 3 nitrogen and oxygen atoms in total. The van der Waals surface area contributed by atoms with Gasteiger partial charge < -0.3 is 10.0 Å². The second-order valence-electron chi connectivity index (χ2n) is 3.42. The van der Waals surface area contributed by atoms with E-state index in [9.17, 15) is 4.79 Å². The number of rotatable bonds is 4. The molecule has 0 fully saturated rings. The average molecular weight is 251 g/mol.